The van der Waals surface area contributed by atoms with Crippen LogP contribution in [0.3, 0.4) is 0 Å². The lowest BCUT2D eigenvalue weighted by atomic mass is 9.81. The van der Waals surface area contributed by atoms with Crippen LogP contribution in [0.4, 0.5) is 0 Å². The zero-order valence-electron chi connectivity index (χ0n) is 16.1. The number of nitrogens with zero attached hydrogens (tertiary/aromatic N) is 5. The van der Waals surface area contributed by atoms with Gasteiger partial charge in [0.2, 0.25) is 15.9 Å². The molecule has 2 aliphatic heterocycles. The van der Waals surface area contributed by atoms with Gasteiger partial charge < -0.3 is 9.42 Å². The zero-order valence-corrected chi connectivity index (χ0v) is 16.9. The molecule has 0 aliphatic carbocycles. The first-order valence-electron chi connectivity index (χ1n) is 9.25. The number of aromatic nitrogens is 3. The lowest BCUT2D eigenvalue weighted by Crippen LogP contribution is -2.41. The van der Waals surface area contributed by atoms with E-state index >= 15 is 0 Å². The van der Waals surface area contributed by atoms with Gasteiger partial charge in [-0.3, -0.25) is 9.78 Å². The van der Waals surface area contributed by atoms with Crippen LogP contribution in [0.2, 0.25) is 0 Å². The second-order valence-corrected chi connectivity index (χ2v) is 9.89. The van der Waals surface area contributed by atoms with Crippen molar-refractivity contribution in [1.29, 1.82) is 0 Å². The van der Waals surface area contributed by atoms with Crippen molar-refractivity contribution < 1.29 is 17.7 Å². The summed E-state index contributed by atoms with van der Waals surface area (Å²) in [5.74, 6) is 0.714. The molecule has 2 aliphatic rings. The molecule has 0 spiro atoms. The fourth-order valence-corrected chi connectivity index (χ4v) is 5.42. The topological polar surface area (TPSA) is 110 Å². The Kier molecular flexibility index (Phi) is 4.50. The molecule has 4 heterocycles. The van der Waals surface area contributed by atoms with Gasteiger partial charge in [-0.05, 0) is 32.4 Å². The smallest absolute Gasteiger partial charge is 0.255 e. The average molecular weight is 405 g/mol. The molecule has 2 aromatic heterocycles. The molecule has 0 radical (unpaired) electrons. The Hall–Kier alpha value is -2.33. The molecule has 0 aromatic carbocycles. The number of carbonyl (C=O) groups is 1. The minimum absolute atomic E-state index is 0.0380. The number of pyridine rings is 1. The standard InChI is InChI=1S/C18H23N5O4S/c1-4-28(25,26)23-9-15-8-22(16(24)14-5-12(2)6-19-7-14)10-18(15,11-23)17-20-13(3)21-27-17/h5-7,15H,4,8-11H2,1-3H3/t15-,18-/m0/s1. The molecule has 0 saturated carbocycles. The largest absolute Gasteiger partial charge is 0.339 e. The third-order valence-corrected chi connectivity index (χ3v) is 7.49. The number of rotatable bonds is 4. The van der Waals surface area contributed by atoms with E-state index in [0.29, 0.717) is 36.9 Å². The fraction of sp³-hybridized carbons (Fsp3) is 0.556. The molecule has 2 fully saturated rings. The van der Waals surface area contributed by atoms with E-state index in [1.54, 1.807) is 37.2 Å². The molecular formula is C18H23N5O4S. The quantitative estimate of drug-likeness (QED) is 0.738. The SMILES string of the molecule is CCS(=O)(=O)N1C[C@@H]2CN(C(=O)c3cncc(C)c3)C[C@]2(c2nc(C)no2)C1. The Morgan fingerprint density at radius 1 is 1.29 bits per heavy atom. The lowest BCUT2D eigenvalue weighted by Gasteiger charge is -2.25. The number of hydrogen-bond acceptors (Lipinski definition) is 7. The Labute approximate surface area is 163 Å². The summed E-state index contributed by atoms with van der Waals surface area (Å²) in [6, 6.07) is 1.81. The van der Waals surface area contributed by atoms with Crippen molar-refractivity contribution >= 4 is 15.9 Å². The molecule has 150 valence electrons. The maximum atomic E-state index is 13.0. The normalized spacial score (nSPS) is 25.2. The number of fused-ring (bicyclic) bond motifs is 1. The van der Waals surface area contributed by atoms with Gasteiger partial charge in [0.25, 0.3) is 5.91 Å². The van der Waals surface area contributed by atoms with Gasteiger partial charge in [0.15, 0.2) is 5.82 Å². The van der Waals surface area contributed by atoms with E-state index in [-0.39, 0.29) is 24.1 Å². The summed E-state index contributed by atoms with van der Waals surface area (Å²) in [7, 11) is -3.34. The third-order valence-electron chi connectivity index (χ3n) is 5.70. The summed E-state index contributed by atoms with van der Waals surface area (Å²) in [6.45, 7) is 6.60. The summed E-state index contributed by atoms with van der Waals surface area (Å²) in [5, 5.41) is 3.90. The average Bonchev–Trinajstić information content (AvgIpc) is 3.33. The van der Waals surface area contributed by atoms with E-state index in [2.05, 4.69) is 15.1 Å². The predicted molar refractivity (Wildman–Crippen MR) is 100 cm³/mol. The fourth-order valence-electron chi connectivity index (χ4n) is 4.22. The molecule has 1 amide bonds. The van der Waals surface area contributed by atoms with Crippen molar-refractivity contribution in [2.45, 2.75) is 26.2 Å². The van der Waals surface area contributed by atoms with Crippen molar-refractivity contribution in [3.63, 3.8) is 0 Å². The minimum Gasteiger partial charge on any atom is -0.339 e. The molecule has 2 aromatic rings. The lowest BCUT2D eigenvalue weighted by molar-refractivity contribution is 0.0772. The Morgan fingerprint density at radius 2 is 2.07 bits per heavy atom. The van der Waals surface area contributed by atoms with Crippen LogP contribution in [0, 0.1) is 19.8 Å². The van der Waals surface area contributed by atoms with Crippen molar-refractivity contribution in [2.24, 2.45) is 5.92 Å². The molecule has 9 nitrogen and oxygen atoms in total. The van der Waals surface area contributed by atoms with E-state index in [4.69, 9.17) is 4.52 Å². The first kappa shape index (κ1) is 19.0. The van der Waals surface area contributed by atoms with Gasteiger partial charge in [-0.25, -0.2) is 12.7 Å². The van der Waals surface area contributed by atoms with Crippen LogP contribution < -0.4 is 0 Å². The molecule has 0 N–H and O–H groups in total. The van der Waals surface area contributed by atoms with Crippen LogP contribution in [0.15, 0.2) is 23.0 Å². The number of aryl methyl sites for hydroxylation is 2. The Balaban J connectivity index is 1.67. The van der Waals surface area contributed by atoms with Crippen molar-refractivity contribution in [3.8, 4) is 0 Å². The van der Waals surface area contributed by atoms with Crippen LogP contribution in [-0.4, -0.2) is 70.6 Å². The van der Waals surface area contributed by atoms with Crippen molar-refractivity contribution in [1.82, 2.24) is 24.3 Å². The highest BCUT2D eigenvalue weighted by molar-refractivity contribution is 7.89. The van der Waals surface area contributed by atoms with E-state index < -0.39 is 15.4 Å². The molecule has 0 bridgehead atoms. The molecule has 10 heteroatoms. The highest BCUT2D eigenvalue weighted by atomic mass is 32.2. The summed E-state index contributed by atoms with van der Waals surface area (Å²) in [6.07, 6.45) is 3.26. The summed E-state index contributed by atoms with van der Waals surface area (Å²) in [4.78, 5) is 23.3. The summed E-state index contributed by atoms with van der Waals surface area (Å²) >= 11 is 0. The zero-order chi connectivity index (χ0) is 20.1. The van der Waals surface area contributed by atoms with Gasteiger partial charge in [-0.15, -0.1) is 0 Å². The predicted octanol–water partition coefficient (Wildman–Crippen LogP) is 0.757. The summed E-state index contributed by atoms with van der Waals surface area (Å²) < 4.78 is 31.9. The molecule has 2 saturated heterocycles. The molecular weight excluding hydrogens is 382 g/mol. The maximum Gasteiger partial charge on any atom is 0.255 e. The van der Waals surface area contributed by atoms with Crippen LogP contribution in [0.1, 0.15) is 34.6 Å². The minimum atomic E-state index is -3.34. The number of sulfonamides is 1. The van der Waals surface area contributed by atoms with E-state index in [9.17, 15) is 13.2 Å². The second-order valence-electron chi connectivity index (χ2n) is 7.63. The highest BCUT2D eigenvalue weighted by Crippen LogP contribution is 2.45. The van der Waals surface area contributed by atoms with Crippen molar-refractivity contribution in [3.05, 3.63) is 41.3 Å². The number of likely N-dealkylation sites (tertiary alicyclic amines) is 1. The number of amides is 1. The molecule has 28 heavy (non-hydrogen) atoms. The van der Waals surface area contributed by atoms with Crippen LogP contribution >= 0.6 is 0 Å². The maximum absolute atomic E-state index is 13.0. The van der Waals surface area contributed by atoms with Gasteiger partial charge >= 0.3 is 0 Å². The van der Waals surface area contributed by atoms with Crippen LogP contribution in [0.25, 0.3) is 0 Å². The van der Waals surface area contributed by atoms with Gasteiger partial charge in [0.05, 0.1) is 16.7 Å². The molecule has 0 unspecified atom stereocenters. The van der Waals surface area contributed by atoms with E-state index in [0.717, 1.165) is 5.56 Å². The van der Waals surface area contributed by atoms with Crippen LogP contribution in [0.5, 0.6) is 0 Å². The van der Waals surface area contributed by atoms with E-state index in [1.165, 1.54) is 4.31 Å². The molecule has 2 atom stereocenters. The molecule has 4 rings (SSSR count). The number of hydrogen-bond donors (Lipinski definition) is 0. The van der Waals surface area contributed by atoms with Gasteiger partial charge in [0.1, 0.15) is 0 Å². The van der Waals surface area contributed by atoms with Crippen LogP contribution in [-0.2, 0) is 15.4 Å². The first-order chi connectivity index (χ1) is 13.2. The van der Waals surface area contributed by atoms with Gasteiger partial charge in [-0.2, -0.15) is 4.98 Å². The Morgan fingerprint density at radius 3 is 2.71 bits per heavy atom. The second kappa shape index (κ2) is 6.63. The monoisotopic (exact) mass is 405 g/mol. The first-order valence-corrected chi connectivity index (χ1v) is 10.9. The Bertz CT molecular complexity index is 1020. The van der Waals surface area contributed by atoms with E-state index in [1.807, 2.05) is 6.92 Å². The summed E-state index contributed by atoms with van der Waals surface area (Å²) in [5.41, 5.74) is 0.749. The third kappa shape index (κ3) is 3.00. The van der Waals surface area contributed by atoms with Crippen molar-refractivity contribution in [2.75, 3.05) is 31.9 Å². The highest BCUT2D eigenvalue weighted by Gasteiger charge is 2.59. The number of carbonyl (C=O) groups excluding carboxylic acids is 1. The van der Waals surface area contributed by atoms with Gasteiger partial charge in [-0.1, -0.05) is 5.16 Å². The van der Waals surface area contributed by atoms with Gasteiger partial charge in [0, 0.05) is 44.5 Å².